The molecular weight excluding hydrogens is 376 g/mol. The van der Waals surface area contributed by atoms with Crippen molar-refractivity contribution in [3.63, 3.8) is 0 Å². The van der Waals surface area contributed by atoms with Crippen molar-refractivity contribution in [2.24, 2.45) is 0 Å². The number of piperazine rings is 1. The number of nitrogens with zero attached hydrogens (tertiary/aromatic N) is 2. The summed E-state index contributed by atoms with van der Waals surface area (Å²) in [5.41, 5.74) is 3.62. The summed E-state index contributed by atoms with van der Waals surface area (Å²) in [5.74, 6) is -0.330. The molecule has 150 valence electrons. The average molecular weight is 403 g/mol. The SMILES string of the molecule is Cc1cc(C)c(S(=O)(=O)N2CCN(C(=O)c3ccc(C)cc3O)CC2)c(C)c1. The molecule has 1 aliphatic rings. The highest BCUT2D eigenvalue weighted by molar-refractivity contribution is 7.89. The number of sulfonamides is 1. The first-order chi connectivity index (χ1) is 13.1. The van der Waals surface area contributed by atoms with Gasteiger partial charge in [-0.25, -0.2) is 8.42 Å². The Kier molecular flexibility index (Phi) is 5.50. The third-order valence-electron chi connectivity index (χ3n) is 5.11. The second-order valence-electron chi connectivity index (χ2n) is 7.44. The molecule has 0 unspecified atom stereocenters. The molecule has 0 atom stereocenters. The number of carbonyl (C=O) groups excluding carboxylic acids is 1. The van der Waals surface area contributed by atoms with E-state index in [-0.39, 0.29) is 43.4 Å². The van der Waals surface area contributed by atoms with Gasteiger partial charge >= 0.3 is 0 Å². The molecule has 1 heterocycles. The first-order valence-corrected chi connectivity index (χ1v) is 10.7. The Bertz CT molecular complexity index is 1000. The first kappa shape index (κ1) is 20.4. The van der Waals surface area contributed by atoms with Crippen LogP contribution in [0.3, 0.4) is 0 Å². The van der Waals surface area contributed by atoms with Gasteiger partial charge in [0, 0.05) is 26.2 Å². The van der Waals surface area contributed by atoms with E-state index in [0.29, 0.717) is 4.90 Å². The van der Waals surface area contributed by atoms with E-state index in [4.69, 9.17) is 0 Å². The maximum Gasteiger partial charge on any atom is 0.257 e. The lowest BCUT2D eigenvalue weighted by atomic mass is 10.1. The number of phenolic OH excluding ortho intramolecular Hbond substituents is 1. The molecule has 1 saturated heterocycles. The summed E-state index contributed by atoms with van der Waals surface area (Å²) < 4.78 is 27.8. The molecule has 1 N–H and O–H groups in total. The van der Waals surface area contributed by atoms with E-state index in [2.05, 4.69) is 0 Å². The van der Waals surface area contributed by atoms with Gasteiger partial charge in [-0.3, -0.25) is 4.79 Å². The lowest BCUT2D eigenvalue weighted by molar-refractivity contribution is 0.0695. The van der Waals surface area contributed by atoms with E-state index in [1.165, 1.54) is 4.31 Å². The molecule has 1 amide bonds. The topological polar surface area (TPSA) is 77.9 Å². The molecule has 2 aromatic carbocycles. The molecule has 0 bridgehead atoms. The smallest absolute Gasteiger partial charge is 0.257 e. The van der Waals surface area contributed by atoms with Crippen LogP contribution in [0.1, 0.15) is 32.6 Å². The van der Waals surface area contributed by atoms with Crippen molar-refractivity contribution in [2.45, 2.75) is 32.6 Å². The molecule has 0 aromatic heterocycles. The maximum absolute atomic E-state index is 13.2. The molecule has 1 aliphatic heterocycles. The lowest BCUT2D eigenvalue weighted by Crippen LogP contribution is -2.50. The standard InChI is InChI=1S/C21H26N2O4S/c1-14-5-6-18(19(24)13-14)21(25)22-7-9-23(10-8-22)28(26,27)20-16(3)11-15(2)12-17(20)4/h5-6,11-13,24H,7-10H2,1-4H3. The van der Waals surface area contributed by atoms with E-state index in [1.54, 1.807) is 23.1 Å². The Balaban J connectivity index is 1.77. The number of phenols is 1. The zero-order valence-electron chi connectivity index (χ0n) is 16.7. The third kappa shape index (κ3) is 3.77. The van der Waals surface area contributed by atoms with Gasteiger partial charge in [0.2, 0.25) is 10.0 Å². The molecule has 3 rings (SSSR count). The maximum atomic E-state index is 13.2. The number of hydrogen-bond donors (Lipinski definition) is 1. The predicted octanol–water partition coefficient (Wildman–Crippen LogP) is 2.77. The summed E-state index contributed by atoms with van der Waals surface area (Å²) >= 11 is 0. The number of aryl methyl sites for hydroxylation is 4. The monoisotopic (exact) mass is 402 g/mol. The van der Waals surface area contributed by atoms with Gasteiger partial charge in [-0.2, -0.15) is 4.31 Å². The van der Waals surface area contributed by atoms with Crippen molar-refractivity contribution in [3.05, 3.63) is 58.1 Å². The van der Waals surface area contributed by atoms with Crippen LogP contribution in [-0.2, 0) is 10.0 Å². The Hall–Kier alpha value is -2.38. The molecule has 6 nitrogen and oxygen atoms in total. The van der Waals surface area contributed by atoms with E-state index >= 15 is 0 Å². The van der Waals surface area contributed by atoms with Crippen LogP contribution in [0.15, 0.2) is 35.2 Å². The minimum Gasteiger partial charge on any atom is -0.507 e. The third-order valence-corrected chi connectivity index (χ3v) is 7.32. The van der Waals surface area contributed by atoms with Crippen LogP contribution in [0.5, 0.6) is 5.75 Å². The second kappa shape index (κ2) is 7.56. The number of benzene rings is 2. The fourth-order valence-corrected chi connectivity index (χ4v) is 5.66. The molecule has 7 heteroatoms. The summed E-state index contributed by atoms with van der Waals surface area (Å²) in [5, 5.41) is 10.1. The Labute approximate surface area is 166 Å². The highest BCUT2D eigenvalue weighted by Crippen LogP contribution is 2.27. The van der Waals surface area contributed by atoms with Crippen molar-refractivity contribution < 1.29 is 18.3 Å². The lowest BCUT2D eigenvalue weighted by Gasteiger charge is -2.34. The largest absolute Gasteiger partial charge is 0.507 e. The second-order valence-corrected chi connectivity index (χ2v) is 9.32. The number of hydrogen-bond acceptors (Lipinski definition) is 4. The van der Waals surface area contributed by atoms with E-state index in [0.717, 1.165) is 22.3 Å². The fourth-order valence-electron chi connectivity index (χ4n) is 3.83. The van der Waals surface area contributed by atoms with Crippen LogP contribution in [-0.4, -0.2) is 54.8 Å². The minimum absolute atomic E-state index is 0.0500. The Morgan fingerprint density at radius 3 is 2.00 bits per heavy atom. The van der Waals surface area contributed by atoms with Crippen molar-refractivity contribution in [2.75, 3.05) is 26.2 Å². The highest BCUT2D eigenvalue weighted by Gasteiger charge is 2.32. The van der Waals surface area contributed by atoms with Gasteiger partial charge in [0.15, 0.2) is 0 Å². The number of carbonyl (C=O) groups is 1. The van der Waals surface area contributed by atoms with Crippen LogP contribution in [0, 0.1) is 27.7 Å². The Morgan fingerprint density at radius 1 is 0.893 bits per heavy atom. The van der Waals surface area contributed by atoms with Crippen LogP contribution < -0.4 is 0 Å². The van der Waals surface area contributed by atoms with Crippen LogP contribution in [0.4, 0.5) is 0 Å². The fraction of sp³-hybridized carbons (Fsp3) is 0.381. The van der Waals surface area contributed by atoms with Crippen LogP contribution in [0.2, 0.25) is 0 Å². The first-order valence-electron chi connectivity index (χ1n) is 9.28. The number of amides is 1. The average Bonchev–Trinajstić information content (AvgIpc) is 2.60. The molecule has 0 aliphatic carbocycles. The van der Waals surface area contributed by atoms with Gasteiger partial charge in [-0.1, -0.05) is 23.8 Å². The van der Waals surface area contributed by atoms with Crippen LogP contribution >= 0.6 is 0 Å². The van der Waals surface area contributed by atoms with E-state index in [9.17, 15) is 18.3 Å². The molecule has 0 radical (unpaired) electrons. The van der Waals surface area contributed by atoms with E-state index in [1.807, 2.05) is 39.8 Å². The zero-order chi connectivity index (χ0) is 20.6. The molecule has 0 spiro atoms. The number of aromatic hydroxyl groups is 1. The predicted molar refractivity (Wildman–Crippen MR) is 108 cm³/mol. The van der Waals surface area contributed by atoms with Gasteiger partial charge in [0.1, 0.15) is 5.75 Å². The zero-order valence-corrected chi connectivity index (χ0v) is 17.5. The van der Waals surface area contributed by atoms with Gasteiger partial charge in [0.25, 0.3) is 5.91 Å². The van der Waals surface area contributed by atoms with Crippen LogP contribution in [0.25, 0.3) is 0 Å². The summed E-state index contributed by atoms with van der Waals surface area (Å²) in [4.78, 5) is 14.6. The summed E-state index contributed by atoms with van der Waals surface area (Å²) in [6, 6.07) is 8.68. The van der Waals surface area contributed by atoms with Crippen molar-refractivity contribution in [3.8, 4) is 5.75 Å². The van der Waals surface area contributed by atoms with Crippen molar-refractivity contribution >= 4 is 15.9 Å². The van der Waals surface area contributed by atoms with Gasteiger partial charge in [-0.15, -0.1) is 0 Å². The summed E-state index contributed by atoms with van der Waals surface area (Å²) in [6.07, 6.45) is 0. The molecule has 2 aromatic rings. The van der Waals surface area contributed by atoms with Gasteiger partial charge in [0.05, 0.1) is 10.5 Å². The quantitative estimate of drug-likeness (QED) is 0.856. The number of rotatable bonds is 3. The van der Waals surface area contributed by atoms with E-state index < -0.39 is 10.0 Å². The molecule has 0 saturated carbocycles. The van der Waals surface area contributed by atoms with Crippen molar-refractivity contribution in [1.82, 2.24) is 9.21 Å². The summed E-state index contributed by atoms with van der Waals surface area (Å²) in [7, 11) is -3.62. The Morgan fingerprint density at radius 2 is 1.46 bits per heavy atom. The molecular formula is C21H26N2O4S. The summed E-state index contributed by atoms with van der Waals surface area (Å²) in [6.45, 7) is 8.44. The highest BCUT2D eigenvalue weighted by atomic mass is 32.2. The minimum atomic E-state index is -3.62. The van der Waals surface area contributed by atoms with Crippen molar-refractivity contribution in [1.29, 1.82) is 0 Å². The van der Waals surface area contributed by atoms with Gasteiger partial charge < -0.3 is 10.0 Å². The van der Waals surface area contributed by atoms with Gasteiger partial charge in [-0.05, 0) is 56.5 Å². The molecule has 1 fully saturated rings. The molecule has 28 heavy (non-hydrogen) atoms. The normalized spacial score (nSPS) is 15.6.